The SMILES string of the molecule is CCC(C)[C@@H](N)c1cccc(O)c1.Cl. The zero-order valence-corrected chi connectivity index (χ0v) is 9.42. The molecule has 14 heavy (non-hydrogen) atoms. The maximum Gasteiger partial charge on any atom is 0.115 e. The number of aromatic hydroxyl groups is 1. The summed E-state index contributed by atoms with van der Waals surface area (Å²) in [5.41, 5.74) is 7.02. The molecule has 1 aromatic rings. The summed E-state index contributed by atoms with van der Waals surface area (Å²) >= 11 is 0. The van der Waals surface area contributed by atoms with Gasteiger partial charge in [0.25, 0.3) is 0 Å². The molecule has 1 rings (SSSR count). The summed E-state index contributed by atoms with van der Waals surface area (Å²) < 4.78 is 0. The van der Waals surface area contributed by atoms with Gasteiger partial charge in [-0.25, -0.2) is 0 Å². The summed E-state index contributed by atoms with van der Waals surface area (Å²) in [4.78, 5) is 0. The minimum Gasteiger partial charge on any atom is -0.508 e. The molecular formula is C11H18ClNO. The number of benzene rings is 1. The third-order valence-electron chi connectivity index (χ3n) is 2.51. The molecule has 2 nitrogen and oxygen atoms in total. The average Bonchev–Trinajstić information content (AvgIpc) is 2.15. The lowest BCUT2D eigenvalue weighted by Gasteiger charge is -2.18. The molecule has 0 aliphatic carbocycles. The first kappa shape index (κ1) is 13.3. The van der Waals surface area contributed by atoms with Crippen LogP contribution in [0.3, 0.4) is 0 Å². The normalized spacial score (nSPS) is 14.2. The van der Waals surface area contributed by atoms with Crippen LogP contribution in [0.15, 0.2) is 24.3 Å². The van der Waals surface area contributed by atoms with E-state index in [1.165, 1.54) is 0 Å². The van der Waals surface area contributed by atoms with E-state index in [1.54, 1.807) is 12.1 Å². The molecule has 0 aromatic heterocycles. The molecule has 80 valence electrons. The Morgan fingerprint density at radius 1 is 1.43 bits per heavy atom. The van der Waals surface area contributed by atoms with E-state index >= 15 is 0 Å². The molecule has 0 aliphatic heterocycles. The van der Waals surface area contributed by atoms with Gasteiger partial charge in [-0.1, -0.05) is 32.4 Å². The maximum absolute atomic E-state index is 9.26. The summed E-state index contributed by atoms with van der Waals surface area (Å²) in [5, 5.41) is 9.26. The number of rotatable bonds is 3. The Bertz CT molecular complexity index is 278. The number of hydrogen-bond donors (Lipinski definition) is 2. The van der Waals surface area contributed by atoms with Crippen molar-refractivity contribution in [1.29, 1.82) is 0 Å². The molecule has 3 heteroatoms. The molecule has 0 saturated carbocycles. The van der Waals surface area contributed by atoms with Gasteiger partial charge in [0.05, 0.1) is 0 Å². The Kier molecular flexibility index (Phi) is 5.58. The second-order valence-corrected chi connectivity index (χ2v) is 3.51. The predicted molar refractivity (Wildman–Crippen MR) is 61.7 cm³/mol. The minimum atomic E-state index is 0. The lowest BCUT2D eigenvalue weighted by molar-refractivity contribution is 0.448. The molecule has 1 aromatic carbocycles. The minimum absolute atomic E-state index is 0. The number of halogens is 1. The molecule has 0 bridgehead atoms. The van der Waals surface area contributed by atoms with Crippen LogP contribution in [-0.2, 0) is 0 Å². The van der Waals surface area contributed by atoms with Gasteiger partial charge in [-0.3, -0.25) is 0 Å². The Morgan fingerprint density at radius 2 is 2.07 bits per heavy atom. The maximum atomic E-state index is 9.26. The number of phenolic OH excluding ortho intramolecular Hbond substituents is 1. The van der Waals surface area contributed by atoms with E-state index in [0.717, 1.165) is 12.0 Å². The first-order valence-electron chi connectivity index (χ1n) is 4.69. The van der Waals surface area contributed by atoms with E-state index in [0.29, 0.717) is 5.92 Å². The van der Waals surface area contributed by atoms with Gasteiger partial charge in [-0.15, -0.1) is 12.4 Å². The fourth-order valence-electron chi connectivity index (χ4n) is 1.31. The van der Waals surface area contributed by atoms with E-state index < -0.39 is 0 Å². The van der Waals surface area contributed by atoms with Crippen molar-refractivity contribution in [1.82, 2.24) is 0 Å². The Balaban J connectivity index is 0.00000169. The molecule has 3 N–H and O–H groups in total. The zero-order chi connectivity index (χ0) is 9.84. The van der Waals surface area contributed by atoms with Gasteiger partial charge in [0.15, 0.2) is 0 Å². The smallest absolute Gasteiger partial charge is 0.115 e. The van der Waals surface area contributed by atoms with E-state index in [-0.39, 0.29) is 24.2 Å². The molecule has 0 spiro atoms. The molecule has 0 fully saturated rings. The topological polar surface area (TPSA) is 46.2 Å². The second-order valence-electron chi connectivity index (χ2n) is 3.51. The number of hydrogen-bond acceptors (Lipinski definition) is 2. The molecule has 0 amide bonds. The summed E-state index contributed by atoms with van der Waals surface area (Å²) in [7, 11) is 0. The van der Waals surface area contributed by atoms with Crippen molar-refractivity contribution in [3.63, 3.8) is 0 Å². The van der Waals surface area contributed by atoms with Gasteiger partial charge in [-0.2, -0.15) is 0 Å². The van der Waals surface area contributed by atoms with Crippen LogP contribution in [0.2, 0.25) is 0 Å². The van der Waals surface area contributed by atoms with Crippen molar-refractivity contribution in [2.24, 2.45) is 11.7 Å². The van der Waals surface area contributed by atoms with Crippen LogP contribution in [0.4, 0.5) is 0 Å². The lowest BCUT2D eigenvalue weighted by Crippen LogP contribution is -2.18. The summed E-state index contributed by atoms with van der Waals surface area (Å²) in [5.74, 6) is 0.734. The van der Waals surface area contributed by atoms with E-state index in [1.807, 2.05) is 12.1 Å². The average molecular weight is 216 g/mol. The van der Waals surface area contributed by atoms with Crippen LogP contribution < -0.4 is 5.73 Å². The van der Waals surface area contributed by atoms with Gasteiger partial charge in [0, 0.05) is 6.04 Å². The van der Waals surface area contributed by atoms with Crippen LogP contribution in [-0.4, -0.2) is 5.11 Å². The van der Waals surface area contributed by atoms with Crippen LogP contribution in [0, 0.1) is 5.92 Å². The quantitative estimate of drug-likeness (QED) is 0.815. The monoisotopic (exact) mass is 215 g/mol. The van der Waals surface area contributed by atoms with Crippen molar-refractivity contribution in [2.45, 2.75) is 26.3 Å². The highest BCUT2D eigenvalue weighted by atomic mass is 35.5. The number of phenols is 1. The van der Waals surface area contributed by atoms with Crippen LogP contribution in [0.1, 0.15) is 31.9 Å². The zero-order valence-electron chi connectivity index (χ0n) is 8.60. The summed E-state index contributed by atoms with van der Waals surface area (Å²) in [6.07, 6.45) is 1.05. The number of nitrogens with two attached hydrogens (primary N) is 1. The van der Waals surface area contributed by atoms with Gasteiger partial charge in [0.1, 0.15) is 5.75 Å². The fraction of sp³-hybridized carbons (Fsp3) is 0.455. The van der Waals surface area contributed by atoms with Gasteiger partial charge in [-0.05, 0) is 23.6 Å². The van der Waals surface area contributed by atoms with Gasteiger partial charge < -0.3 is 10.8 Å². The van der Waals surface area contributed by atoms with Crippen molar-refractivity contribution >= 4 is 12.4 Å². The summed E-state index contributed by atoms with van der Waals surface area (Å²) in [6.45, 7) is 4.24. The van der Waals surface area contributed by atoms with Crippen molar-refractivity contribution in [3.05, 3.63) is 29.8 Å². The van der Waals surface area contributed by atoms with Crippen molar-refractivity contribution in [2.75, 3.05) is 0 Å². The Hall–Kier alpha value is -0.730. The standard InChI is InChI=1S/C11H17NO.ClH/c1-3-8(2)11(12)9-5-4-6-10(13)7-9;/h4-8,11,13H,3,12H2,1-2H3;1H/t8?,11-;/m1./s1. The molecule has 2 atom stereocenters. The highest BCUT2D eigenvalue weighted by Crippen LogP contribution is 2.23. The molecule has 0 radical (unpaired) electrons. The first-order chi connectivity index (χ1) is 6.15. The Labute approximate surface area is 91.5 Å². The highest BCUT2D eigenvalue weighted by Gasteiger charge is 2.12. The van der Waals surface area contributed by atoms with Gasteiger partial charge >= 0.3 is 0 Å². The molecule has 0 aliphatic rings. The largest absolute Gasteiger partial charge is 0.508 e. The van der Waals surface area contributed by atoms with Gasteiger partial charge in [0.2, 0.25) is 0 Å². The van der Waals surface area contributed by atoms with Crippen molar-refractivity contribution in [3.8, 4) is 5.75 Å². The van der Waals surface area contributed by atoms with Crippen molar-refractivity contribution < 1.29 is 5.11 Å². The third-order valence-corrected chi connectivity index (χ3v) is 2.51. The van der Waals surface area contributed by atoms with Crippen LogP contribution in [0.5, 0.6) is 5.75 Å². The van der Waals surface area contributed by atoms with E-state index in [2.05, 4.69) is 13.8 Å². The molecule has 1 unspecified atom stereocenters. The summed E-state index contributed by atoms with van der Waals surface area (Å²) in [6, 6.07) is 7.20. The third kappa shape index (κ3) is 3.20. The van der Waals surface area contributed by atoms with E-state index in [4.69, 9.17) is 5.73 Å². The van der Waals surface area contributed by atoms with E-state index in [9.17, 15) is 5.11 Å². The van der Waals surface area contributed by atoms with Crippen LogP contribution in [0.25, 0.3) is 0 Å². The predicted octanol–water partition coefficient (Wildman–Crippen LogP) is 2.86. The lowest BCUT2D eigenvalue weighted by atomic mass is 9.93. The molecule has 0 saturated heterocycles. The van der Waals surface area contributed by atoms with Crippen LogP contribution >= 0.6 is 12.4 Å². The second kappa shape index (κ2) is 5.89. The molecule has 0 heterocycles. The fourth-order valence-corrected chi connectivity index (χ4v) is 1.31. The first-order valence-corrected chi connectivity index (χ1v) is 4.69. The molecular weight excluding hydrogens is 198 g/mol. The highest BCUT2D eigenvalue weighted by molar-refractivity contribution is 5.85. The Morgan fingerprint density at radius 3 is 2.57 bits per heavy atom.